The molecular weight excluding hydrogens is 377 g/mol. The van der Waals surface area contributed by atoms with Crippen LogP contribution < -0.4 is 5.32 Å². The van der Waals surface area contributed by atoms with Crippen molar-refractivity contribution in [3.63, 3.8) is 0 Å². The number of fused-ring (bicyclic) bond motifs is 1. The Kier molecular flexibility index (Phi) is 6.18. The van der Waals surface area contributed by atoms with Crippen molar-refractivity contribution in [1.29, 1.82) is 0 Å². The van der Waals surface area contributed by atoms with Crippen molar-refractivity contribution in [2.45, 2.75) is 32.4 Å². The van der Waals surface area contributed by atoms with Gasteiger partial charge >= 0.3 is 0 Å². The molecular formula is C25H24FN3O. The van der Waals surface area contributed by atoms with Crippen molar-refractivity contribution >= 4 is 16.8 Å². The van der Waals surface area contributed by atoms with E-state index in [1.54, 1.807) is 12.4 Å². The molecule has 1 N–H and O–H groups in total. The zero-order chi connectivity index (χ0) is 20.8. The third-order valence-electron chi connectivity index (χ3n) is 5.20. The van der Waals surface area contributed by atoms with Gasteiger partial charge in [-0.1, -0.05) is 36.4 Å². The smallest absolute Gasteiger partial charge is 0.220 e. The second-order valence-corrected chi connectivity index (χ2v) is 7.42. The molecule has 0 unspecified atom stereocenters. The number of hydrogen-bond acceptors (Lipinski definition) is 2. The fourth-order valence-corrected chi connectivity index (χ4v) is 3.67. The van der Waals surface area contributed by atoms with Crippen molar-refractivity contribution in [1.82, 2.24) is 14.9 Å². The van der Waals surface area contributed by atoms with Crippen LogP contribution in [0.3, 0.4) is 0 Å². The predicted molar refractivity (Wildman–Crippen MR) is 116 cm³/mol. The van der Waals surface area contributed by atoms with E-state index in [1.807, 2.05) is 36.4 Å². The van der Waals surface area contributed by atoms with Crippen LogP contribution in [0, 0.1) is 5.82 Å². The Morgan fingerprint density at radius 1 is 1.00 bits per heavy atom. The summed E-state index contributed by atoms with van der Waals surface area (Å²) >= 11 is 0. The van der Waals surface area contributed by atoms with E-state index in [1.165, 1.54) is 23.1 Å². The van der Waals surface area contributed by atoms with Crippen LogP contribution in [-0.4, -0.2) is 15.5 Å². The quantitative estimate of drug-likeness (QED) is 0.458. The molecule has 2 heterocycles. The molecule has 4 rings (SSSR count). The Balaban J connectivity index is 1.38. The summed E-state index contributed by atoms with van der Waals surface area (Å²) in [5, 5.41) is 4.15. The Morgan fingerprint density at radius 2 is 1.83 bits per heavy atom. The topological polar surface area (TPSA) is 46.9 Å². The van der Waals surface area contributed by atoms with Gasteiger partial charge in [-0.25, -0.2) is 4.39 Å². The molecule has 152 valence electrons. The van der Waals surface area contributed by atoms with Gasteiger partial charge < -0.3 is 9.88 Å². The van der Waals surface area contributed by atoms with Gasteiger partial charge in [-0.15, -0.1) is 0 Å². The molecule has 0 aliphatic carbocycles. The zero-order valence-corrected chi connectivity index (χ0v) is 16.7. The van der Waals surface area contributed by atoms with Crippen molar-refractivity contribution in [3.8, 4) is 0 Å². The fraction of sp³-hybridized carbons (Fsp3) is 0.200. The molecule has 4 aromatic rings. The molecule has 0 radical (unpaired) electrons. The second-order valence-electron chi connectivity index (χ2n) is 7.42. The summed E-state index contributed by atoms with van der Waals surface area (Å²) in [6.07, 6.45) is 7.73. The summed E-state index contributed by atoms with van der Waals surface area (Å²) in [5.41, 5.74) is 4.43. The molecule has 0 atom stereocenters. The lowest BCUT2D eigenvalue weighted by Crippen LogP contribution is -2.22. The minimum absolute atomic E-state index is 0.0499. The minimum Gasteiger partial charge on any atom is -0.352 e. The molecule has 0 fully saturated rings. The Bertz CT molecular complexity index is 1120. The lowest BCUT2D eigenvalue weighted by molar-refractivity contribution is -0.121. The number of nitrogens with zero attached hydrogens (tertiary/aromatic N) is 2. The molecule has 0 saturated carbocycles. The highest BCUT2D eigenvalue weighted by atomic mass is 19.1. The predicted octanol–water partition coefficient (Wildman–Crippen LogP) is 4.86. The Labute approximate surface area is 175 Å². The number of aryl methyl sites for hydroxylation is 1. The number of halogens is 1. The monoisotopic (exact) mass is 401 g/mol. The van der Waals surface area contributed by atoms with Crippen molar-refractivity contribution in [2.75, 3.05) is 0 Å². The van der Waals surface area contributed by atoms with E-state index in [-0.39, 0.29) is 11.7 Å². The maximum absolute atomic E-state index is 13.2. The van der Waals surface area contributed by atoms with E-state index in [0.29, 0.717) is 19.5 Å². The van der Waals surface area contributed by atoms with Crippen LogP contribution in [0.4, 0.5) is 4.39 Å². The first-order valence-electron chi connectivity index (χ1n) is 10.2. The van der Waals surface area contributed by atoms with Crippen LogP contribution in [0.15, 0.2) is 79.3 Å². The molecule has 0 bridgehead atoms. The van der Waals surface area contributed by atoms with Gasteiger partial charge in [0, 0.05) is 49.0 Å². The number of hydrogen-bond donors (Lipinski definition) is 1. The lowest BCUT2D eigenvalue weighted by atomic mass is 10.1. The van der Waals surface area contributed by atoms with Crippen LogP contribution >= 0.6 is 0 Å². The second kappa shape index (κ2) is 9.35. The van der Waals surface area contributed by atoms with Gasteiger partial charge in [-0.05, 0) is 53.8 Å². The van der Waals surface area contributed by atoms with E-state index < -0.39 is 0 Å². The average Bonchev–Trinajstić information content (AvgIpc) is 3.12. The number of benzene rings is 2. The van der Waals surface area contributed by atoms with Gasteiger partial charge in [0.05, 0.1) is 0 Å². The number of carbonyl (C=O) groups is 1. The van der Waals surface area contributed by atoms with E-state index in [0.717, 1.165) is 29.5 Å². The van der Waals surface area contributed by atoms with Crippen LogP contribution in [0.5, 0.6) is 0 Å². The number of nitrogens with one attached hydrogen (secondary N) is 1. The van der Waals surface area contributed by atoms with Gasteiger partial charge in [-0.2, -0.15) is 0 Å². The summed E-state index contributed by atoms with van der Waals surface area (Å²) in [5.74, 6) is -0.174. The van der Waals surface area contributed by atoms with E-state index in [9.17, 15) is 9.18 Å². The van der Waals surface area contributed by atoms with Gasteiger partial charge in [0.2, 0.25) is 5.91 Å². The first kappa shape index (κ1) is 19.8. The number of rotatable bonds is 8. The molecule has 30 heavy (non-hydrogen) atoms. The first-order valence-corrected chi connectivity index (χ1v) is 10.2. The summed E-state index contributed by atoms with van der Waals surface area (Å²) in [6, 6.07) is 18.7. The zero-order valence-electron chi connectivity index (χ0n) is 16.7. The van der Waals surface area contributed by atoms with Crippen LogP contribution in [0.25, 0.3) is 10.9 Å². The maximum atomic E-state index is 13.2. The highest BCUT2D eigenvalue weighted by Gasteiger charge is 2.10. The molecule has 0 aliphatic heterocycles. The van der Waals surface area contributed by atoms with E-state index >= 15 is 0 Å². The number of carbonyl (C=O) groups excluding carboxylic acids is 1. The maximum Gasteiger partial charge on any atom is 0.220 e. The molecule has 5 heteroatoms. The molecule has 0 aliphatic rings. The Morgan fingerprint density at radius 3 is 2.63 bits per heavy atom. The highest BCUT2D eigenvalue weighted by molar-refractivity contribution is 5.84. The average molecular weight is 401 g/mol. The van der Waals surface area contributed by atoms with E-state index in [4.69, 9.17) is 0 Å². The molecule has 4 nitrogen and oxygen atoms in total. The molecule has 1 amide bonds. The van der Waals surface area contributed by atoms with Crippen molar-refractivity contribution < 1.29 is 9.18 Å². The summed E-state index contributed by atoms with van der Waals surface area (Å²) in [6.45, 7) is 1.19. The molecule has 0 spiro atoms. The highest BCUT2D eigenvalue weighted by Crippen LogP contribution is 2.24. The standard InChI is InChI=1S/C25H24FN3O/c26-22-12-10-19(11-13-22)17-29-18-21(23-7-1-2-8-24(23)29)6-3-9-25(30)28-16-20-5-4-14-27-15-20/h1-2,4-5,7-8,10-15,18H,3,6,9,16-17H2,(H,28,30). The number of para-hydroxylation sites is 1. The Hall–Kier alpha value is -3.47. The number of pyridine rings is 1. The van der Waals surface area contributed by atoms with Crippen LogP contribution in [0.2, 0.25) is 0 Å². The van der Waals surface area contributed by atoms with Gasteiger partial charge in [-0.3, -0.25) is 9.78 Å². The molecule has 2 aromatic carbocycles. The fourth-order valence-electron chi connectivity index (χ4n) is 3.67. The summed E-state index contributed by atoms with van der Waals surface area (Å²) in [7, 11) is 0. The SMILES string of the molecule is O=C(CCCc1cn(Cc2ccc(F)cc2)c2ccccc12)NCc1cccnc1. The lowest BCUT2D eigenvalue weighted by Gasteiger charge is -2.05. The van der Waals surface area contributed by atoms with Gasteiger partial charge in [0.1, 0.15) is 5.82 Å². The largest absolute Gasteiger partial charge is 0.352 e. The number of amides is 1. The van der Waals surface area contributed by atoms with Crippen molar-refractivity contribution in [2.24, 2.45) is 0 Å². The normalized spacial score (nSPS) is 11.0. The van der Waals surface area contributed by atoms with Gasteiger partial charge in [0.15, 0.2) is 0 Å². The van der Waals surface area contributed by atoms with E-state index in [2.05, 4.69) is 33.2 Å². The van der Waals surface area contributed by atoms with Crippen LogP contribution in [0.1, 0.15) is 29.5 Å². The number of aromatic nitrogens is 2. The summed E-state index contributed by atoms with van der Waals surface area (Å²) in [4.78, 5) is 16.2. The third-order valence-corrected chi connectivity index (χ3v) is 5.20. The summed E-state index contributed by atoms with van der Waals surface area (Å²) < 4.78 is 15.4. The van der Waals surface area contributed by atoms with Gasteiger partial charge in [0.25, 0.3) is 0 Å². The van der Waals surface area contributed by atoms with Crippen molar-refractivity contribution in [3.05, 3.63) is 102 Å². The van der Waals surface area contributed by atoms with Crippen LogP contribution in [-0.2, 0) is 24.3 Å². The third kappa shape index (κ3) is 4.92. The first-order chi connectivity index (χ1) is 14.7. The molecule has 0 saturated heterocycles. The molecule has 2 aromatic heterocycles. The minimum atomic E-state index is -0.224.